The third-order valence-corrected chi connectivity index (χ3v) is 5.19. The van der Waals surface area contributed by atoms with Crippen LogP contribution >= 0.6 is 0 Å². The predicted octanol–water partition coefficient (Wildman–Crippen LogP) is 2.50. The Hall–Kier alpha value is -3.82. The molecule has 5 rings (SSSR count). The minimum Gasteiger partial charge on any atom is -0.386 e. The second-order valence-corrected chi connectivity index (χ2v) is 7.09. The van der Waals surface area contributed by atoms with Crippen molar-refractivity contribution in [1.29, 1.82) is 0 Å². The highest BCUT2D eigenvalue weighted by atomic mass is 19.1. The number of carbonyl (C=O) groups is 1. The minimum atomic E-state index is -0.789. The van der Waals surface area contributed by atoms with Crippen LogP contribution in [0.3, 0.4) is 0 Å². The molecule has 1 saturated heterocycles. The molecule has 4 aromatic heterocycles. The molecular weight excluding hydrogens is 391 g/mol. The molecule has 9 nitrogen and oxygen atoms in total. The van der Waals surface area contributed by atoms with E-state index in [0.717, 1.165) is 32.4 Å². The molecule has 0 atom stereocenters. The topological polar surface area (TPSA) is 109 Å². The van der Waals surface area contributed by atoms with Crippen molar-refractivity contribution in [2.45, 2.75) is 19.3 Å². The van der Waals surface area contributed by atoms with Crippen LogP contribution in [0.25, 0.3) is 28.4 Å². The zero-order valence-corrected chi connectivity index (χ0v) is 15.8. The summed E-state index contributed by atoms with van der Waals surface area (Å²) in [5, 5.41) is 10.0. The lowest BCUT2D eigenvalue weighted by atomic mass is 10.1. The van der Waals surface area contributed by atoms with Crippen molar-refractivity contribution in [2.75, 3.05) is 13.1 Å². The molecule has 1 N–H and O–H groups in total. The molecule has 1 aliphatic heterocycles. The van der Waals surface area contributed by atoms with Crippen LogP contribution < -0.4 is 5.76 Å². The summed E-state index contributed by atoms with van der Waals surface area (Å²) in [5.41, 5.74) is 2.02. The number of hydrogen-bond donors (Lipinski definition) is 1. The molecule has 1 aliphatic rings. The van der Waals surface area contributed by atoms with Gasteiger partial charge in [0, 0.05) is 24.8 Å². The normalized spacial score (nSPS) is 14.4. The number of fused-ring (bicyclic) bond motifs is 1. The van der Waals surface area contributed by atoms with E-state index < -0.39 is 11.6 Å². The van der Waals surface area contributed by atoms with Crippen LogP contribution in [0.5, 0.6) is 0 Å². The number of nitrogens with one attached hydrogen (secondary N) is 1. The molecule has 0 saturated carbocycles. The number of aromatic amines is 1. The summed E-state index contributed by atoms with van der Waals surface area (Å²) in [5.74, 6) is -1.76. The maximum absolute atomic E-state index is 14.6. The van der Waals surface area contributed by atoms with Crippen molar-refractivity contribution in [2.24, 2.45) is 0 Å². The van der Waals surface area contributed by atoms with Crippen LogP contribution in [0, 0.1) is 5.82 Å². The number of aromatic nitrogens is 5. The average Bonchev–Trinajstić information content (AvgIpc) is 3.40. The lowest BCUT2D eigenvalue weighted by molar-refractivity contribution is 0.0726. The molecule has 0 bridgehead atoms. The van der Waals surface area contributed by atoms with Gasteiger partial charge in [0.15, 0.2) is 11.5 Å². The number of pyridine rings is 2. The molecule has 4 aromatic rings. The third kappa shape index (κ3) is 3.06. The van der Waals surface area contributed by atoms with Gasteiger partial charge in [-0.25, -0.2) is 23.8 Å². The molecule has 0 unspecified atom stereocenters. The van der Waals surface area contributed by atoms with Gasteiger partial charge in [0.05, 0.1) is 23.0 Å². The van der Waals surface area contributed by atoms with Crippen LogP contribution in [-0.2, 0) is 0 Å². The highest BCUT2D eigenvalue weighted by Gasteiger charge is 2.22. The van der Waals surface area contributed by atoms with E-state index in [1.807, 2.05) is 11.0 Å². The summed E-state index contributed by atoms with van der Waals surface area (Å²) in [6.07, 6.45) is 6.13. The maximum Gasteiger partial charge on any atom is 0.434 e. The Morgan fingerprint density at radius 2 is 2.00 bits per heavy atom. The van der Waals surface area contributed by atoms with Crippen molar-refractivity contribution in [3.63, 3.8) is 0 Å². The van der Waals surface area contributed by atoms with E-state index in [-0.39, 0.29) is 17.5 Å². The zero-order valence-electron chi connectivity index (χ0n) is 15.8. The largest absolute Gasteiger partial charge is 0.434 e. The summed E-state index contributed by atoms with van der Waals surface area (Å²) >= 11 is 0. The number of nitrogens with zero attached hydrogens (tertiary/aromatic N) is 5. The summed E-state index contributed by atoms with van der Waals surface area (Å²) in [4.78, 5) is 29.9. The number of likely N-dealkylation sites (tertiary alicyclic amines) is 1. The smallest absolute Gasteiger partial charge is 0.386 e. The van der Waals surface area contributed by atoms with Crippen molar-refractivity contribution in [3.05, 3.63) is 58.6 Å². The molecule has 0 radical (unpaired) electrons. The molecule has 5 heterocycles. The standard InChI is InChI=1S/C20H17FN6O3/c21-14-9-12(10-22-17(14)18-24-25-20(29)30-18)15-5-4-6-16-13(11-23-27(15)16)19(28)26-7-2-1-3-8-26/h4-6,9-11H,1-3,7-8H2,(H,25,29). The maximum atomic E-state index is 14.6. The molecule has 1 amide bonds. The first-order valence-electron chi connectivity index (χ1n) is 9.59. The molecule has 0 aromatic carbocycles. The summed E-state index contributed by atoms with van der Waals surface area (Å²) in [6, 6.07) is 6.63. The predicted molar refractivity (Wildman–Crippen MR) is 104 cm³/mol. The van der Waals surface area contributed by atoms with E-state index in [0.29, 0.717) is 22.3 Å². The van der Waals surface area contributed by atoms with Crippen molar-refractivity contribution in [3.8, 4) is 22.8 Å². The number of rotatable bonds is 3. The van der Waals surface area contributed by atoms with E-state index in [2.05, 4.69) is 20.3 Å². The Balaban J connectivity index is 1.54. The summed E-state index contributed by atoms with van der Waals surface area (Å²) < 4.78 is 21.0. The van der Waals surface area contributed by atoms with Gasteiger partial charge in [-0.05, 0) is 37.5 Å². The number of H-pyrrole nitrogens is 1. The first-order valence-corrected chi connectivity index (χ1v) is 9.59. The van der Waals surface area contributed by atoms with E-state index >= 15 is 0 Å². The third-order valence-electron chi connectivity index (χ3n) is 5.19. The lowest BCUT2D eigenvalue weighted by Crippen LogP contribution is -2.35. The van der Waals surface area contributed by atoms with Crippen LogP contribution in [0.4, 0.5) is 4.39 Å². The van der Waals surface area contributed by atoms with E-state index in [9.17, 15) is 14.0 Å². The lowest BCUT2D eigenvalue weighted by Gasteiger charge is -2.26. The fourth-order valence-corrected chi connectivity index (χ4v) is 3.73. The van der Waals surface area contributed by atoms with Gasteiger partial charge in [-0.2, -0.15) is 5.10 Å². The zero-order chi connectivity index (χ0) is 20.7. The fourth-order valence-electron chi connectivity index (χ4n) is 3.73. The molecule has 30 heavy (non-hydrogen) atoms. The molecule has 1 fully saturated rings. The van der Waals surface area contributed by atoms with Gasteiger partial charge in [0.1, 0.15) is 0 Å². The van der Waals surface area contributed by atoms with Gasteiger partial charge in [0.25, 0.3) is 11.8 Å². The van der Waals surface area contributed by atoms with Gasteiger partial charge in [-0.3, -0.25) is 4.79 Å². The number of halogens is 1. The van der Waals surface area contributed by atoms with Crippen LogP contribution in [0.15, 0.2) is 45.9 Å². The Bertz CT molecular complexity index is 1300. The molecule has 0 spiro atoms. The molecule has 152 valence electrons. The van der Waals surface area contributed by atoms with Crippen LogP contribution in [-0.4, -0.2) is 48.7 Å². The van der Waals surface area contributed by atoms with Crippen LogP contribution in [0.1, 0.15) is 29.6 Å². The minimum absolute atomic E-state index is 0.0462. The molecule has 0 aliphatic carbocycles. The fraction of sp³-hybridized carbons (Fsp3) is 0.250. The molecular formula is C20H17FN6O3. The number of piperidine rings is 1. The Morgan fingerprint density at radius 1 is 1.17 bits per heavy atom. The second kappa shape index (κ2) is 7.21. The second-order valence-electron chi connectivity index (χ2n) is 7.09. The highest BCUT2D eigenvalue weighted by Crippen LogP contribution is 2.26. The molecule has 10 heteroatoms. The van der Waals surface area contributed by atoms with Crippen molar-refractivity contribution < 1.29 is 13.6 Å². The quantitative estimate of drug-likeness (QED) is 0.558. The monoisotopic (exact) mass is 408 g/mol. The average molecular weight is 408 g/mol. The number of hydrogen-bond acceptors (Lipinski definition) is 6. The van der Waals surface area contributed by atoms with Gasteiger partial charge in [0.2, 0.25) is 0 Å². The van der Waals surface area contributed by atoms with E-state index in [1.165, 1.54) is 12.3 Å². The number of carbonyl (C=O) groups excluding carboxylic acids is 1. The van der Waals surface area contributed by atoms with E-state index in [1.54, 1.807) is 22.8 Å². The highest BCUT2D eigenvalue weighted by molar-refractivity contribution is 6.01. The summed E-state index contributed by atoms with van der Waals surface area (Å²) in [7, 11) is 0. The first-order chi connectivity index (χ1) is 14.6. The Labute approximate surface area is 169 Å². The van der Waals surface area contributed by atoms with Crippen molar-refractivity contribution >= 4 is 11.4 Å². The summed E-state index contributed by atoms with van der Waals surface area (Å²) in [6.45, 7) is 1.49. The number of amides is 1. The first kappa shape index (κ1) is 18.2. The Kier molecular flexibility index (Phi) is 4.38. The van der Waals surface area contributed by atoms with Gasteiger partial charge in [-0.1, -0.05) is 6.07 Å². The Morgan fingerprint density at radius 3 is 2.73 bits per heavy atom. The van der Waals surface area contributed by atoms with E-state index in [4.69, 9.17) is 4.42 Å². The van der Waals surface area contributed by atoms with Crippen molar-refractivity contribution in [1.82, 2.24) is 29.7 Å². The van der Waals surface area contributed by atoms with Gasteiger partial charge >= 0.3 is 5.76 Å². The van der Waals surface area contributed by atoms with Crippen LogP contribution in [0.2, 0.25) is 0 Å². The van der Waals surface area contributed by atoms with Gasteiger partial charge < -0.3 is 9.32 Å². The van der Waals surface area contributed by atoms with Gasteiger partial charge in [-0.15, -0.1) is 5.10 Å². The SMILES string of the molecule is O=C(c1cnn2c(-c3cnc(-c4n[nH]c(=O)o4)c(F)c3)cccc12)N1CCCCC1.